The van der Waals surface area contributed by atoms with E-state index in [-0.39, 0.29) is 11.9 Å². The second kappa shape index (κ2) is 16.7. The number of nitrogens with one attached hydrogen (secondary N) is 1. The second-order valence-corrected chi connectivity index (χ2v) is 9.82. The molecule has 0 radical (unpaired) electrons. The van der Waals surface area contributed by atoms with Crippen LogP contribution in [0.1, 0.15) is 44.4 Å². The van der Waals surface area contributed by atoms with Crippen LogP contribution in [0.2, 0.25) is 0 Å². The van der Waals surface area contributed by atoms with Gasteiger partial charge in [-0.2, -0.15) is 0 Å². The van der Waals surface area contributed by atoms with E-state index in [2.05, 4.69) is 73.6 Å². The summed E-state index contributed by atoms with van der Waals surface area (Å²) in [5.74, 6) is 0.837. The van der Waals surface area contributed by atoms with Crippen LogP contribution in [-0.2, 0) is 24.2 Å². The van der Waals surface area contributed by atoms with E-state index in [1.807, 2.05) is 49.1 Å². The summed E-state index contributed by atoms with van der Waals surface area (Å²) >= 11 is 0. The number of piperazine rings is 1. The first-order valence-corrected chi connectivity index (χ1v) is 13.8. The molecule has 1 unspecified atom stereocenters. The van der Waals surface area contributed by atoms with Crippen molar-refractivity contribution in [1.29, 1.82) is 0 Å². The van der Waals surface area contributed by atoms with Crippen LogP contribution in [-0.4, -0.2) is 54.5 Å². The molecular formula is C33H47N3O. The largest absolute Gasteiger partial charge is 0.339 e. The number of nitrogens with zero attached hydrogens (tertiary/aromatic N) is 2. The highest BCUT2D eigenvalue weighted by Crippen LogP contribution is 2.13. The molecule has 1 aliphatic heterocycles. The summed E-state index contributed by atoms with van der Waals surface area (Å²) in [6, 6.07) is 18.8. The molecule has 2 aromatic rings. The fourth-order valence-corrected chi connectivity index (χ4v) is 4.54. The number of allylic oxidation sites excluding steroid dienone is 2. The summed E-state index contributed by atoms with van der Waals surface area (Å²) < 4.78 is 0. The Morgan fingerprint density at radius 3 is 2.05 bits per heavy atom. The number of carbonyl (C=O) groups is 1. The van der Waals surface area contributed by atoms with Gasteiger partial charge in [-0.15, -0.1) is 0 Å². The van der Waals surface area contributed by atoms with Crippen molar-refractivity contribution in [2.75, 3.05) is 32.7 Å². The molecule has 0 bridgehead atoms. The van der Waals surface area contributed by atoms with E-state index in [1.54, 1.807) is 6.08 Å². The molecule has 0 spiro atoms. The van der Waals surface area contributed by atoms with Crippen molar-refractivity contribution in [2.24, 2.45) is 5.92 Å². The molecule has 0 aromatic heterocycles. The predicted octanol–water partition coefficient (Wildman–Crippen LogP) is 6.05. The van der Waals surface area contributed by atoms with Crippen molar-refractivity contribution in [3.63, 3.8) is 0 Å². The maximum absolute atomic E-state index is 13.6. The van der Waals surface area contributed by atoms with E-state index in [0.717, 1.165) is 44.7 Å². The van der Waals surface area contributed by atoms with E-state index in [4.69, 9.17) is 0 Å². The number of carbonyl (C=O) groups excluding carboxylic acids is 1. The van der Waals surface area contributed by atoms with E-state index >= 15 is 0 Å². The maximum Gasteiger partial charge on any atom is 0.240 e. The Balaban J connectivity index is 0.00000235. The van der Waals surface area contributed by atoms with E-state index in [9.17, 15) is 4.79 Å². The number of amides is 1. The Bertz CT molecular complexity index is 970. The third-order valence-electron chi connectivity index (χ3n) is 6.48. The van der Waals surface area contributed by atoms with Gasteiger partial charge >= 0.3 is 0 Å². The van der Waals surface area contributed by atoms with Crippen LogP contribution in [0.4, 0.5) is 0 Å². The predicted molar refractivity (Wildman–Crippen MR) is 159 cm³/mol. The van der Waals surface area contributed by atoms with Crippen molar-refractivity contribution < 1.29 is 4.79 Å². The van der Waals surface area contributed by atoms with Gasteiger partial charge in [0.25, 0.3) is 0 Å². The maximum atomic E-state index is 13.6. The van der Waals surface area contributed by atoms with Gasteiger partial charge in [0.2, 0.25) is 5.91 Å². The number of rotatable bonds is 12. The minimum Gasteiger partial charge on any atom is -0.339 e. The van der Waals surface area contributed by atoms with Gasteiger partial charge in [0.15, 0.2) is 0 Å². The first-order valence-electron chi connectivity index (χ1n) is 13.8. The lowest BCUT2D eigenvalue weighted by atomic mass is 10.0. The standard InChI is InChI=1S/C31H41N3O.C2H6/c1-5-10-26(6-2)24-33-17-19-34(20-18-33)31(35)30(22-27-11-8-7-9-12-27)32-23-29-15-13-28(14-16-29)21-25(3)4;1-2/h5-16,25,30,32H,1-2,17-24H2,3-4H3;1-2H3/b26-10+;. The van der Waals surface area contributed by atoms with E-state index < -0.39 is 0 Å². The summed E-state index contributed by atoms with van der Waals surface area (Å²) in [4.78, 5) is 18.0. The highest BCUT2D eigenvalue weighted by molar-refractivity contribution is 5.82. The third kappa shape index (κ3) is 10.5. The highest BCUT2D eigenvalue weighted by atomic mass is 16.2. The molecule has 1 fully saturated rings. The van der Waals surface area contributed by atoms with Gasteiger partial charge in [-0.1, -0.05) is 114 Å². The average Bonchev–Trinajstić information content (AvgIpc) is 2.93. The van der Waals surface area contributed by atoms with Gasteiger partial charge in [-0.3, -0.25) is 9.69 Å². The monoisotopic (exact) mass is 501 g/mol. The topological polar surface area (TPSA) is 35.6 Å². The SMILES string of the molecule is C=C/C=C(\C=C)CN1CCN(C(=O)C(Cc2ccccc2)NCc2ccc(CC(C)C)cc2)CC1.CC. The lowest BCUT2D eigenvalue weighted by molar-refractivity contribution is -0.135. The van der Waals surface area contributed by atoms with Gasteiger partial charge in [0, 0.05) is 39.3 Å². The smallest absolute Gasteiger partial charge is 0.240 e. The minimum atomic E-state index is -0.247. The van der Waals surface area contributed by atoms with Crippen LogP contribution < -0.4 is 5.32 Å². The second-order valence-electron chi connectivity index (χ2n) is 9.82. The van der Waals surface area contributed by atoms with Crippen LogP contribution in [0.15, 0.2) is 91.6 Å². The third-order valence-corrected chi connectivity index (χ3v) is 6.48. The van der Waals surface area contributed by atoms with Gasteiger partial charge in [-0.05, 0) is 41.0 Å². The molecule has 1 aliphatic rings. The molecule has 0 saturated carbocycles. The molecule has 3 rings (SSSR count). The summed E-state index contributed by atoms with van der Waals surface area (Å²) in [6.07, 6.45) is 7.46. The first-order chi connectivity index (χ1) is 18.0. The zero-order chi connectivity index (χ0) is 27.0. The van der Waals surface area contributed by atoms with E-state index in [1.165, 1.54) is 16.7 Å². The summed E-state index contributed by atoms with van der Waals surface area (Å²) in [6.45, 7) is 20.9. The minimum absolute atomic E-state index is 0.190. The Labute approximate surface area is 225 Å². The lowest BCUT2D eigenvalue weighted by Gasteiger charge is -2.37. The van der Waals surface area contributed by atoms with Crippen molar-refractivity contribution in [1.82, 2.24) is 15.1 Å². The molecule has 1 amide bonds. The summed E-state index contributed by atoms with van der Waals surface area (Å²) in [5, 5.41) is 3.57. The molecule has 2 aromatic carbocycles. The van der Waals surface area contributed by atoms with Gasteiger partial charge < -0.3 is 10.2 Å². The Morgan fingerprint density at radius 2 is 1.49 bits per heavy atom. The number of hydrogen-bond acceptors (Lipinski definition) is 3. The Hall–Kier alpha value is -2.95. The highest BCUT2D eigenvalue weighted by Gasteiger charge is 2.27. The number of hydrogen-bond donors (Lipinski definition) is 1. The summed E-state index contributed by atoms with van der Waals surface area (Å²) in [7, 11) is 0. The first kappa shape index (κ1) is 30.3. The quantitative estimate of drug-likeness (QED) is 0.359. The molecule has 1 atom stereocenters. The molecular weight excluding hydrogens is 454 g/mol. The van der Waals surface area contributed by atoms with Crippen LogP contribution in [0, 0.1) is 5.92 Å². The number of benzene rings is 2. The van der Waals surface area contributed by atoms with Crippen molar-refractivity contribution >= 4 is 5.91 Å². The van der Waals surface area contributed by atoms with Crippen molar-refractivity contribution in [3.8, 4) is 0 Å². The zero-order valence-electron chi connectivity index (χ0n) is 23.5. The molecule has 0 aliphatic carbocycles. The normalized spacial score (nSPS) is 15.1. The molecule has 1 N–H and O–H groups in total. The zero-order valence-corrected chi connectivity index (χ0v) is 23.5. The van der Waals surface area contributed by atoms with Gasteiger partial charge in [0.05, 0.1) is 6.04 Å². The molecule has 4 heteroatoms. The average molecular weight is 502 g/mol. The molecule has 200 valence electrons. The van der Waals surface area contributed by atoms with Crippen LogP contribution in [0.25, 0.3) is 0 Å². The molecule has 4 nitrogen and oxygen atoms in total. The van der Waals surface area contributed by atoms with Gasteiger partial charge in [-0.25, -0.2) is 0 Å². The van der Waals surface area contributed by atoms with Crippen molar-refractivity contribution in [2.45, 2.75) is 53.1 Å². The molecule has 1 heterocycles. The Kier molecular flexibility index (Phi) is 13.7. The van der Waals surface area contributed by atoms with Crippen molar-refractivity contribution in [3.05, 3.63) is 108 Å². The van der Waals surface area contributed by atoms with Crippen LogP contribution >= 0.6 is 0 Å². The van der Waals surface area contributed by atoms with Crippen LogP contribution in [0.3, 0.4) is 0 Å². The molecule has 37 heavy (non-hydrogen) atoms. The fraction of sp³-hybridized carbons (Fsp3) is 0.424. The molecule has 1 saturated heterocycles. The van der Waals surface area contributed by atoms with E-state index in [0.29, 0.717) is 18.9 Å². The van der Waals surface area contributed by atoms with Gasteiger partial charge in [0.1, 0.15) is 0 Å². The fourth-order valence-electron chi connectivity index (χ4n) is 4.54. The Morgan fingerprint density at radius 1 is 0.892 bits per heavy atom. The van der Waals surface area contributed by atoms with Crippen LogP contribution in [0.5, 0.6) is 0 Å². The summed E-state index contributed by atoms with van der Waals surface area (Å²) in [5.41, 5.74) is 4.90. The lowest BCUT2D eigenvalue weighted by Crippen LogP contribution is -2.54.